The average Bonchev–Trinajstić information content (AvgIpc) is 3.13. The summed E-state index contributed by atoms with van der Waals surface area (Å²) >= 11 is 13.4. The molecule has 0 bridgehead atoms. The number of anilines is 1. The Balaban J connectivity index is 1.35. The topological polar surface area (TPSA) is 80.3 Å². The minimum Gasteiger partial charge on any atom is -0.366 e. The molecule has 4 rings (SSSR count). The number of carbonyl (C=O) groups excluding carboxylic acids is 1. The molecule has 1 aliphatic heterocycles. The van der Waals surface area contributed by atoms with Crippen molar-refractivity contribution in [1.29, 1.82) is 0 Å². The Morgan fingerprint density at radius 2 is 1.84 bits per heavy atom. The second-order valence-corrected chi connectivity index (χ2v) is 8.69. The first-order chi connectivity index (χ1) is 14.9. The molecular formula is C20H19Cl2FN6OS. The van der Waals surface area contributed by atoms with E-state index in [-0.39, 0.29) is 17.5 Å². The van der Waals surface area contributed by atoms with E-state index < -0.39 is 0 Å². The molecule has 11 heteroatoms. The van der Waals surface area contributed by atoms with Crippen LogP contribution in [0.1, 0.15) is 0 Å². The van der Waals surface area contributed by atoms with E-state index in [4.69, 9.17) is 29.0 Å². The SMILES string of the molecule is Nn1c(SCC(=O)N2CCN(c3ccccc3F)CC2)nnc1-c1ccc(Cl)cc1Cl. The molecule has 1 saturated heterocycles. The van der Waals surface area contributed by atoms with Crippen molar-refractivity contribution in [2.24, 2.45) is 0 Å². The number of nitrogens with zero attached hydrogens (tertiary/aromatic N) is 5. The van der Waals surface area contributed by atoms with Gasteiger partial charge in [-0.1, -0.05) is 47.1 Å². The van der Waals surface area contributed by atoms with Crippen molar-refractivity contribution in [3.63, 3.8) is 0 Å². The van der Waals surface area contributed by atoms with Crippen LogP contribution < -0.4 is 10.7 Å². The summed E-state index contributed by atoms with van der Waals surface area (Å²) < 4.78 is 15.3. The van der Waals surface area contributed by atoms with Gasteiger partial charge < -0.3 is 15.6 Å². The maximum atomic E-state index is 14.0. The number of carbonyl (C=O) groups is 1. The minimum absolute atomic E-state index is 0.0349. The lowest BCUT2D eigenvalue weighted by Crippen LogP contribution is -2.49. The lowest BCUT2D eigenvalue weighted by molar-refractivity contribution is -0.128. The number of nitrogen functional groups attached to an aromatic ring is 1. The van der Waals surface area contributed by atoms with Gasteiger partial charge in [-0.2, -0.15) is 0 Å². The first-order valence-electron chi connectivity index (χ1n) is 9.50. The number of hydrogen-bond acceptors (Lipinski definition) is 6. The van der Waals surface area contributed by atoms with Crippen LogP contribution in [0.5, 0.6) is 0 Å². The van der Waals surface area contributed by atoms with Crippen LogP contribution in [0, 0.1) is 5.82 Å². The summed E-state index contributed by atoms with van der Waals surface area (Å²) in [5.74, 6) is 6.38. The van der Waals surface area contributed by atoms with E-state index in [1.165, 1.54) is 22.5 Å². The van der Waals surface area contributed by atoms with Crippen molar-refractivity contribution in [3.8, 4) is 11.4 Å². The smallest absolute Gasteiger partial charge is 0.233 e. The number of hydrogen-bond donors (Lipinski definition) is 1. The van der Waals surface area contributed by atoms with Crippen molar-refractivity contribution < 1.29 is 9.18 Å². The van der Waals surface area contributed by atoms with Crippen LogP contribution in [0.4, 0.5) is 10.1 Å². The zero-order valence-corrected chi connectivity index (χ0v) is 18.7. The number of nitrogens with two attached hydrogens (primary N) is 1. The van der Waals surface area contributed by atoms with Crippen LogP contribution in [-0.4, -0.2) is 57.6 Å². The summed E-state index contributed by atoms with van der Waals surface area (Å²) in [6.07, 6.45) is 0. The van der Waals surface area contributed by atoms with Gasteiger partial charge in [-0.25, -0.2) is 9.07 Å². The molecular weight excluding hydrogens is 462 g/mol. The van der Waals surface area contributed by atoms with E-state index >= 15 is 0 Å². The summed E-state index contributed by atoms with van der Waals surface area (Å²) in [5, 5.41) is 9.48. The molecule has 0 aliphatic carbocycles. The summed E-state index contributed by atoms with van der Waals surface area (Å²) in [5.41, 5.74) is 1.16. The van der Waals surface area contributed by atoms with Gasteiger partial charge in [0.1, 0.15) is 5.82 Å². The highest BCUT2D eigenvalue weighted by atomic mass is 35.5. The molecule has 1 aromatic heterocycles. The van der Waals surface area contributed by atoms with Gasteiger partial charge in [-0.05, 0) is 30.3 Å². The fraction of sp³-hybridized carbons (Fsp3) is 0.250. The van der Waals surface area contributed by atoms with Crippen LogP contribution in [0.25, 0.3) is 11.4 Å². The number of thioether (sulfide) groups is 1. The molecule has 0 saturated carbocycles. The largest absolute Gasteiger partial charge is 0.366 e. The molecule has 1 amide bonds. The molecule has 2 aromatic carbocycles. The fourth-order valence-corrected chi connectivity index (χ4v) is 4.60. The normalized spacial score (nSPS) is 14.2. The number of rotatable bonds is 5. The Morgan fingerprint density at radius 3 is 2.55 bits per heavy atom. The van der Waals surface area contributed by atoms with Gasteiger partial charge in [-0.15, -0.1) is 10.2 Å². The van der Waals surface area contributed by atoms with E-state index in [9.17, 15) is 9.18 Å². The van der Waals surface area contributed by atoms with Crippen molar-refractivity contribution in [2.75, 3.05) is 42.7 Å². The zero-order valence-electron chi connectivity index (χ0n) is 16.3. The van der Waals surface area contributed by atoms with Crippen LogP contribution in [0.3, 0.4) is 0 Å². The van der Waals surface area contributed by atoms with Gasteiger partial charge in [0.05, 0.1) is 16.5 Å². The predicted molar refractivity (Wildman–Crippen MR) is 122 cm³/mol. The van der Waals surface area contributed by atoms with Gasteiger partial charge >= 0.3 is 0 Å². The highest BCUT2D eigenvalue weighted by Gasteiger charge is 2.23. The molecule has 0 radical (unpaired) electrons. The third-order valence-electron chi connectivity index (χ3n) is 4.99. The molecule has 31 heavy (non-hydrogen) atoms. The minimum atomic E-state index is -0.253. The van der Waals surface area contributed by atoms with Crippen molar-refractivity contribution in [2.45, 2.75) is 5.16 Å². The van der Waals surface area contributed by atoms with Gasteiger partial charge in [-0.3, -0.25) is 4.79 Å². The molecule has 1 aliphatic rings. The maximum Gasteiger partial charge on any atom is 0.233 e. The Bertz CT molecular complexity index is 1100. The number of piperazine rings is 1. The van der Waals surface area contributed by atoms with Crippen molar-refractivity contribution >= 4 is 46.6 Å². The fourth-order valence-electron chi connectivity index (χ4n) is 3.35. The Hall–Kier alpha value is -2.49. The summed E-state index contributed by atoms with van der Waals surface area (Å²) in [4.78, 5) is 16.4. The summed E-state index contributed by atoms with van der Waals surface area (Å²) in [6, 6.07) is 11.7. The molecule has 2 N–H and O–H groups in total. The molecule has 0 unspecified atom stereocenters. The Kier molecular flexibility index (Phi) is 6.54. The van der Waals surface area contributed by atoms with E-state index in [1.54, 1.807) is 41.3 Å². The highest BCUT2D eigenvalue weighted by Crippen LogP contribution is 2.30. The highest BCUT2D eigenvalue weighted by molar-refractivity contribution is 7.99. The van der Waals surface area contributed by atoms with Gasteiger partial charge in [0.15, 0.2) is 5.82 Å². The lowest BCUT2D eigenvalue weighted by Gasteiger charge is -2.36. The van der Waals surface area contributed by atoms with E-state index in [1.807, 2.05) is 4.90 Å². The maximum absolute atomic E-state index is 14.0. The number of halogens is 3. The van der Waals surface area contributed by atoms with Crippen molar-refractivity contribution in [3.05, 3.63) is 58.3 Å². The summed E-state index contributed by atoms with van der Waals surface area (Å²) in [6.45, 7) is 2.19. The first-order valence-corrected chi connectivity index (χ1v) is 11.2. The van der Waals surface area contributed by atoms with Crippen LogP contribution in [-0.2, 0) is 4.79 Å². The van der Waals surface area contributed by atoms with Crippen molar-refractivity contribution in [1.82, 2.24) is 19.8 Å². The average molecular weight is 481 g/mol. The van der Waals surface area contributed by atoms with Crippen LogP contribution in [0.15, 0.2) is 47.6 Å². The molecule has 1 fully saturated rings. The molecule has 3 aromatic rings. The van der Waals surface area contributed by atoms with E-state index in [0.717, 1.165) is 0 Å². The van der Waals surface area contributed by atoms with E-state index in [2.05, 4.69) is 10.2 Å². The second kappa shape index (κ2) is 9.33. The predicted octanol–water partition coefficient (Wildman–Crippen LogP) is 3.55. The van der Waals surface area contributed by atoms with E-state index in [0.29, 0.717) is 58.5 Å². The third kappa shape index (κ3) is 4.73. The molecule has 7 nitrogen and oxygen atoms in total. The second-order valence-electron chi connectivity index (χ2n) is 6.91. The zero-order chi connectivity index (χ0) is 22.0. The molecule has 2 heterocycles. The monoisotopic (exact) mass is 480 g/mol. The number of benzene rings is 2. The molecule has 0 atom stereocenters. The lowest BCUT2D eigenvalue weighted by atomic mass is 10.2. The Labute approximate surface area is 192 Å². The van der Waals surface area contributed by atoms with Gasteiger partial charge in [0, 0.05) is 36.8 Å². The molecule has 162 valence electrons. The first kappa shape index (κ1) is 21.7. The number of aromatic nitrogens is 3. The summed E-state index contributed by atoms with van der Waals surface area (Å²) in [7, 11) is 0. The van der Waals surface area contributed by atoms with Gasteiger partial charge in [0.25, 0.3) is 0 Å². The number of para-hydroxylation sites is 1. The van der Waals surface area contributed by atoms with Crippen LogP contribution >= 0.6 is 35.0 Å². The number of amides is 1. The third-order valence-corrected chi connectivity index (χ3v) is 6.46. The van der Waals surface area contributed by atoms with Crippen LogP contribution in [0.2, 0.25) is 10.0 Å². The van der Waals surface area contributed by atoms with Gasteiger partial charge in [0.2, 0.25) is 11.1 Å². The quantitative estimate of drug-likeness (QED) is 0.444. The Morgan fingerprint density at radius 1 is 1.10 bits per heavy atom. The molecule has 0 spiro atoms. The standard InChI is InChI=1S/C20H19Cl2FN6OS/c21-13-5-6-14(15(22)11-13)19-25-26-20(29(19)24)31-12-18(30)28-9-7-27(8-10-28)17-4-2-1-3-16(17)23/h1-6,11H,7-10,12,24H2.